The number of likely N-dealkylation sites (tertiary alicyclic amines) is 1. The number of carbonyl (C=O) groups is 1. The van der Waals surface area contributed by atoms with E-state index in [-0.39, 0.29) is 17.9 Å². The maximum Gasteiger partial charge on any atom is 0.265 e. The van der Waals surface area contributed by atoms with E-state index >= 15 is 0 Å². The van der Waals surface area contributed by atoms with Crippen LogP contribution >= 0.6 is 11.3 Å². The second-order valence-electron chi connectivity index (χ2n) is 6.40. The summed E-state index contributed by atoms with van der Waals surface area (Å²) < 4.78 is 0. The van der Waals surface area contributed by atoms with Crippen LogP contribution in [0.15, 0.2) is 5.51 Å². The topological polar surface area (TPSA) is 53.4 Å². The lowest BCUT2D eigenvalue weighted by atomic mass is 9.76. The van der Waals surface area contributed by atoms with Crippen LogP contribution in [-0.4, -0.2) is 40.6 Å². The monoisotopic (exact) mass is 294 g/mol. The van der Waals surface area contributed by atoms with Gasteiger partial charge in [-0.3, -0.25) is 4.79 Å². The fourth-order valence-electron chi connectivity index (χ4n) is 3.33. The second kappa shape index (κ2) is 5.45. The summed E-state index contributed by atoms with van der Waals surface area (Å²) >= 11 is 1.42. The van der Waals surface area contributed by atoms with Crippen molar-refractivity contribution in [3.8, 4) is 0 Å². The molecule has 0 unspecified atom stereocenters. The Kier molecular flexibility index (Phi) is 3.82. The van der Waals surface area contributed by atoms with Gasteiger partial charge in [0.05, 0.1) is 17.8 Å². The Labute approximate surface area is 123 Å². The van der Waals surface area contributed by atoms with E-state index in [1.807, 2.05) is 11.8 Å². The number of nitrogens with zero attached hydrogens (tertiary/aromatic N) is 2. The van der Waals surface area contributed by atoms with Crippen LogP contribution < -0.4 is 0 Å². The molecule has 20 heavy (non-hydrogen) atoms. The van der Waals surface area contributed by atoms with Crippen molar-refractivity contribution in [2.24, 2.45) is 11.3 Å². The third-order valence-electron chi connectivity index (χ3n) is 4.64. The van der Waals surface area contributed by atoms with Gasteiger partial charge in [-0.25, -0.2) is 4.98 Å². The summed E-state index contributed by atoms with van der Waals surface area (Å²) in [5, 5.41) is 9.86. The molecule has 1 amide bonds. The number of thiazole rings is 1. The molecule has 3 rings (SSSR count). The number of piperidine rings is 1. The number of aryl methyl sites for hydroxylation is 1. The summed E-state index contributed by atoms with van der Waals surface area (Å²) in [5.41, 5.74) is 2.49. The van der Waals surface area contributed by atoms with Gasteiger partial charge in [-0.1, -0.05) is 12.8 Å². The zero-order valence-electron chi connectivity index (χ0n) is 12.0. The van der Waals surface area contributed by atoms with Crippen molar-refractivity contribution in [3.05, 3.63) is 16.1 Å². The minimum Gasteiger partial charge on any atom is -0.396 e. The molecule has 1 aliphatic heterocycles. The van der Waals surface area contributed by atoms with Crippen molar-refractivity contribution in [3.63, 3.8) is 0 Å². The quantitative estimate of drug-likeness (QED) is 0.928. The lowest BCUT2D eigenvalue weighted by Gasteiger charge is -2.42. The number of aliphatic hydroxyl groups excluding tert-OH is 1. The molecular weight excluding hydrogens is 272 g/mol. The first-order valence-corrected chi connectivity index (χ1v) is 8.32. The molecule has 1 saturated heterocycles. The molecule has 0 bridgehead atoms. The number of aromatic nitrogens is 1. The van der Waals surface area contributed by atoms with Crippen LogP contribution in [-0.2, 0) is 0 Å². The summed E-state index contributed by atoms with van der Waals surface area (Å²) in [5.74, 6) is 0.876. The summed E-state index contributed by atoms with van der Waals surface area (Å²) in [4.78, 5) is 19.5. The lowest BCUT2D eigenvalue weighted by molar-refractivity contribution is 0.0198. The normalized spacial score (nSPS) is 26.8. The molecule has 2 aliphatic rings. The Morgan fingerprint density at radius 3 is 3.00 bits per heavy atom. The van der Waals surface area contributed by atoms with Gasteiger partial charge in [-0.15, -0.1) is 11.3 Å². The van der Waals surface area contributed by atoms with E-state index in [2.05, 4.69) is 4.98 Å². The van der Waals surface area contributed by atoms with Crippen LogP contribution in [0.2, 0.25) is 0 Å². The van der Waals surface area contributed by atoms with E-state index in [0.717, 1.165) is 42.3 Å². The van der Waals surface area contributed by atoms with Gasteiger partial charge in [-0.05, 0) is 32.1 Å². The molecular formula is C15H22N2O2S. The van der Waals surface area contributed by atoms with Gasteiger partial charge >= 0.3 is 0 Å². The van der Waals surface area contributed by atoms with Crippen molar-refractivity contribution in [1.82, 2.24) is 9.88 Å². The van der Waals surface area contributed by atoms with E-state index in [1.54, 1.807) is 5.51 Å². The Hall–Kier alpha value is -0.940. The summed E-state index contributed by atoms with van der Waals surface area (Å²) in [6.07, 6.45) is 5.71. The first-order chi connectivity index (χ1) is 9.63. The van der Waals surface area contributed by atoms with Gasteiger partial charge in [0.2, 0.25) is 0 Å². The van der Waals surface area contributed by atoms with Crippen LogP contribution in [0.3, 0.4) is 0 Å². The van der Waals surface area contributed by atoms with Gasteiger partial charge in [0, 0.05) is 18.5 Å². The molecule has 1 aromatic heterocycles. The number of aliphatic hydroxyl groups is 1. The van der Waals surface area contributed by atoms with Crippen molar-refractivity contribution in [2.45, 2.75) is 39.0 Å². The third-order valence-corrected chi connectivity index (χ3v) is 5.56. The molecule has 110 valence electrons. The van der Waals surface area contributed by atoms with Gasteiger partial charge in [0.15, 0.2) is 0 Å². The molecule has 0 spiro atoms. The van der Waals surface area contributed by atoms with Gasteiger partial charge in [-0.2, -0.15) is 0 Å². The molecule has 1 atom stereocenters. The molecule has 5 heteroatoms. The fraction of sp³-hybridized carbons (Fsp3) is 0.733. The predicted molar refractivity (Wildman–Crippen MR) is 78.8 cm³/mol. The van der Waals surface area contributed by atoms with Crippen LogP contribution in [0.1, 0.15) is 47.5 Å². The molecule has 4 nitrogen and oxygen atoms in total. The lowest BCUT2D eigenvalue weighted by Crippen LogP contribution is -2.48. The number of hydrogen-bond acceptors (Lipinski definition) is 4. The Morgan fingerprint density at radius 2 is 2.40 bits per heavy atom. The first kappa shape index (κ1) is 14.0. The van der Waals surface area contributed by atoms with Crippen LogP contribution in [0.25, 0.3) is 0 Å². The van der Waals surface area contributed by atoms with E-state index in [9.17, 15) is 9.90 Å². The molecule has 1 saturated carbocycles. The van der Waals surface area contributed by atoms with Gasteiger partial charge < -0.3 is 10.0 Å². The zero-order valence-corrected chi connectivity index (χ0v) is 12.8. The number of carbonyl (C=O) groups excluding carboxylic acids is 1. The highest BCUT2D eigenvalue weighted by Crippen LogP contribution is 2.44. The predicted octanol–water partition coefficient (Wildman–Crippen LogP) is 2.47. The summed E-state index contributed by atoms with van der Waals surface area (Å²) in [6, 6.07) is 0. The fourth-order valence-corrected chi connectivity index (χ4v) is 4.10. The van der Waals surface area contributed by atoms with Crippen molar-refractivity contribution in [1.29, 1.82) is 0 Å². The standard InChI is InChI=1S/C15H22N2O2S/c1-11-13(20-10-16-11)14(19)17-6-2-5-15(8-17,9-18)7-12-3-4-12/h10,12,18H,2-9H2,1H3/t15-/m0/s1. The molecule has 1 N–H and O–H groups in total. The maximum atomic E-state index is 12.6. The minimum atomic E-state index is -0.0618. The van der Waals surface area contributed by atoms with E-state index in [1.165, 1.54) is 24.2 Å². The van der Waals surface area contributed by atoms with Gasteiger partial charge in [0.1, 0.15) is 4.88 Å². The van der Waals surface area contributed by atoms with Crippen LogP contribution in [0.5, 0.6) is 0 Å². The number of rotatable bonds is 4. The van der Waals surface area contributed by atoms with Crippen LogP contribution in [0.4, 0.5) is 0 Å². The SMILES string of the molecule is Cc1ncsc1C(=O)N1CCC[C@](CO)(CC2CC2)C1. The maximum absolute atomic E-state index is 12.6. The molecule has 2 heterocycles. The van der Waals surface area contributed by atoms with Crippen molar-refractivity contribution in [2.75, 3.05) is 19.7 Å². The molecule has 0 radical (unpaired) electrons. The van der Waals surface area contributed by atoms with Crippen molar-refractivity contribution >= 4 is 17.2 Å². The highest BCUT2D eigenvalue weighted by Gasteiger charge is 2.41. The molecule has 0 aromatic carbocycles. The molecule has 1 aliphatic carbocycles. The average molecular weight is 294 g/mol. The van der Waals surface area contributed by atoms with E-state index in [0.29, 0.717) is 6.54 Å². The van der Waals surface area contributed by atoms with Gasteiger partial charge in [0.25, 0.3) is 5.91 Å². The van der Waals surface area contributed by atoms with Crippen molar-refractivity contribution < 1.29 is 9.90 Å². The Morgan fingerprint density at radius 1 is 1.60 bits per heavy atom. The number of amides is 1. The second-order valence-corrected chi connectivity index (χ2v) is 7.26. The van der Waals surface area contributed by atoms with Crippen LogP contribution in [0, 0.1) is 18.3 Å². The highest BCUT2D eigenvalue weighted by atomic mass is 32.1. The summed E-state index contributed by atoms with van der Waals surface area (Å²) in [6.45, 7) is 3.60. The summed E-state index contributed by atoms with van der Waals surface area (Å²) in [7, 11) is 0. The molecule has 1 aromatic rings. The highest BCUT2D eigenvalue weighted by molar-refractivity contribution is 7.11. The largest absolute Gasteiger partial charge is 0.396 e. The average Bonchev–Trinajstić information content (AvgIpc) is 3.16. The minimum absolute atomic E-state index is 0.0618. The number of hydrogen-bond donors (Lipinski definition) is 1. The Balaban J connectivity index is 1.73. The smallest absolute Gasteiger partial charge is 0.265 e. The molecule has 2 fully saturated rings. The Bertz CT molecular complexity index is 498. The first-order valence-electron chi connectivity index (χ1n) is 7.44. The van der Waals surface area contributed by atoms with E-state index < -0.39 is 0 Å². The third kappa shape index (κ3) is 2.74. The van der Waals surface area contributed by atoms with E-state index in [4.69, 9.17) is 0 Å². The zero-order chi connectivity index (χ0) is 14.2.